The van der Waals surface area contributed by atoms with E-state index in [-0.39, 0.29) is 23.7 Å². The van der Waals surface area contributed by atoms with E-state index < -0.39 is 0 Å². The molecule has 2 rings (SSSR count). The standard InChI is InChI=1S/C18H25NO2/c1-3-8-15(9-4-2)18(21)19-13-16(12-17(19)20)14-10-6-5-7-11-14/h5-7,10-11,15-16H,3-4,8-9,12-13H2,1-2H3. The minimum Gasteiger partial charge on any atom is -0.282 e. The lowest BCUT2D eigenvalue weighted by Crippen LogP contribution is -2.37. The van der Waals surface area contributed by atoms with Crippen molar-refractivity contribution in [3.05, 3.63) is 35.9 Å². The topological polar surface area (TPSA) is 37.4 Å². The van der Waals surface area contributed by atoms with Gasteiger partial charge in [-0.25, -0.2) is 0 Å². The van der Waals surface area contributed by atoms with Gasteiger partial charge >= 0.3 is 0 Å². The van der Waals surface area contributed by atoms with Crippen LogP contribution in [0.1, 0.15) is 57.4 Å². The van der Waals surface area contributed by atoms with E-state index in [1.54, 1.807) is 0 Å². The third-order valence-corrected chi connectivity index (χ3v) is 4.29. The molecule has 0 spiro atoms. The summed E-state index contributed by atoms with van der Waals surface area (Å²) in [5.74, 6) is 0.207. The fourth-order valence-corrected chi connectivity index (χ4v) is 3.18. The van der Waals surface area contributed by atoms with Gasteiger partial charge < -0.3 is 0 Å². The van der Waals surface area contributed by atoms with Crippen LogP contribution in [0.2, 0.25) is 0 Å². The van der Waals surface area contributed by atoms with Crippen molar-refractivity contribution in [3.8, 4) is 0 Å². The number of amides is 2. The molecule has 0 aliphatic carbocycles. The number of benzene rings is 1. The lowest BCUT2D eigenvalue weighted by molar-refractivity contribution is -0.144. The van der Waals surface area contributed by atoms with Crippen molar-refractivity contribution in [1.82, 2.24) is 4.90 Å². The number of carbonyl (C=O) groups is 2. The summed E-state index contributed by atoms with van der Waals surface area (Å²) in [7, 11) is 0. The Labute approximate surface area is 127 Å². The maximum atomic E-state index is 12.6. The average molecular weight is 287 g/mol. The Kier molecular flexibility index (Phi) is 5.54. The smallest absolute Gasteiger partial charge is 0.232 e. The number of rotatable bonds is 6. The molecular weight excluding hydrogens is 262 g/mol. The highest BCUT2D eigenvalue weighted by Gasteiger charge is 2.36. The molecule has 21 heavy (non-hydrogen) atoms. The SMILES string of the molecule is CCCC(CCC)C(=O)N1CC(c2ccccc2)CC1=O. The molecule has 0 radical (unpaired) electrons. The van der Waals surface area contributed by atoms with Crippen molar-refractivity contribution < 1.29 is 9.59 Å². The molecule has 1 saturated heterocycles. The van der Waals surface area contributed by atoms with Crippen LogP contribution in [0, 0.1) is 5.92 Å². The molecule has 114 valence electrons. The van der Waals surface area contributed by atoms with E-state index in [4.69, 9.17) is 0 Å². The largest absolute Gasteiger partial charge is 0.282 e. The van der Waals surface area contributed by atoms with Crippen molar-refractivity contribution in [2.24, 2.45) is 5.92 Å². The highest BCUT2D eigenvalue weighted by molar-refractivity contribution is 5.98. The quantitative estimate of drug-likeness (QED) is 0.799. The molecule has 2 amide bonds. The van der Waals surface area contributed by atoms with Gasteiger partial charge in [-0.2, -0.15) is 0 Å². The Morgan fingerprint density at radius 2 is 1.81 bits per heavy atom. The maximum absolute atomic E-state index is 12.6. The van der Waals surface area contributed by atoms with E-state index in [9.17, 15) is 9.59 Å². The van der Waals surface area contributed by atoms with Crippen molar-refractivity contribution in [3.63, 3.8) is 0 Å². The second kappa shape index (κ2) is 7.39. The summed E-state index contributed by atoms with van der Waals surface area (Å²) in [6, 6.07) is 10.0. The van der Waals surface area contributed by atoms with Crippen LogP contribution in [0.3, 0.4) is 0 Å². The fraction of sp³-hybridized carbons (Fsp3) is 0.556. The molecule has 3 nitrogen and oxygen atoms in total. The van der Waals surface area contributed by atoms with Gasteiger partial charge in [0.2, 0.25) is 11.8 Å². The summed E-state index contributed by atoms with van der Waals surface area (Å²) < 4.78 is 0. The number of hydrogen-bond acceptors (Lipinski definition) is 2. The third-order valence-electron chi connectivity index (χ3n) is 4.29. The molecule has 1 aliphatic heterocycles. The van der Waals surface area contributed by atoms with Gasteiger partial charge in [-0.05, 0) is 18.4 Å². The molecular formula is C18H25NO2. The Balaban J connectivity index is 2.07. The lowest BCUT2D eigenvalue weighted by Gasteiger charge is -2.21. The number of likely N-dealkylation sites (tertiary alicyclic amines) is 1. The summed E-state index contributed by atoms with van der Waals surface area (Å²) >= 11 is 0. The third kappa shape index (κ3) is 3.72. The highest BCUT2D eigenvalue weighted by Crippen LogP contribution is 2.30. The molecule has 3 heteroatoms. The van der Waals surface area contributed by atoms with Crippen LogP contribution in [-0.4, -0.2) is 23.3 Å². The molecule has 1 atom stereocenters. The molecule has 0 bridgehead atoms. The molecule has 1 heterocycles. The maximum Gasteiger partial charge on any atom is 0.232 e. The summed E-state index contributed by atoms with van der Waals surface area (Å²) in [4.78, 5) is 26.3. The lowest BCUT2D eigenvalue weighted by atomic mass is 9.96. The van der Waals surface area contributed by atoms with Gasteiger partial charge in [-0.15, -0.1) is 0 Å². The number of imide groups is 1. The van der Waals surface area contributed by atoms with Crippen LogP contribution in [-0.2, 0) is 9.59 Å². The summed E-state index contributed by atoms with van der Waals surface area (Å²) in [5.41, 5.74) is 1.16. The average Bonchev–Trinajstić information content (AvgIpc) is 2.89. The van der Waals surface area contributed by atoms with E-state index in [1.165, 1.54) is 4.90 Å². The predicted octanol–water partition coefficient (Wildman–Crippen LogP) is 3.75. The van der Waals surface area contributed by atoms with Gasteiger partial charge in [0.25, 0.3) is 0 Å². The minimum atomic E-state index is -0.00828. The molecule has 1 aromatic carbocycles. The minimum absolute atomic E-state index is 0.00828. The predicted molar refractivity (Wildman–Crippen MR) is 83.8 cm³/mol. The first-order valence-corrected chi connectivity index (χ1v) is 8.06. The van der Waals surface area contributed by atoms with Gasteiger partial charge in [0.15, 0.2) is 0 Å². The fourth-order valence-electron chi connectivity index (χ4n) is 3.18. The molecule has 1 unspecified atom stereocenters. The first-order chi connectivity index (χ1) is 10.2. The first kappa shape index (κ1) is 15.7. The van der Waals surface area contributed by atoms with Crippen molar-refractivity contribution in [2.45, 2.75) is 51.9 Å². The van der Waals surface area contributed by atoms with E-state index in [0.717, 1.165) is 31.2 Å². The van der Waals surface area contributed by atoms with E-state index in [2.05, 4.69) is 13.8 Å². The molecule has 1 aromatic rings. The second-order valence-electron chi connectivity index (χ2n) is 5.93. The Bertz CT molecular complexity index is 477. The van der Waals surface area contributed by atoms with Crippen LogP contribution in [0.25, 0.3) is 0 Å². The highest BCUT2D eigenvalue weighted by atomic mass is 16.2. The van der Waals surface area contributed by atoms with Crippen molar-refractivity contribution >= 4 is 11.8 Å². The van der Waals surface area contributed by atoms with Crippen molar-refractivity contribution in [2.75, 3.05) is 6.54 Å². The van der Waals surface area contributed by atoms with Crippen LogP contribution < -0.4 is 0 Å². The Morgan fingerprint density at radius 1 is 1.19 bits per heavy atom. The van der Waals surface area contributed by atoms with Crippen LogP contribution in [0.15, 0.2) is 30.3 Å². The van der Waals surface area contributed by atoms with Crippen LogP contribution in [0.5, 0.6) is 0 Å². The number of carbonyl (C=O) groups excluding carboxylic acids is 2. The molecule has 1 aliphatic rings. The zero-order valence-corrected chi connectivity index (χ0v) is 13.0. The number of hydrogen-bond donors (Lipinski definition) is 0. The van der Waals surface area contributed by atoms with E-state index >= 15 is 0 Å². The molecule has 0 saturated carbocycles. The molecule has 1 fully saturated rings. The van der Waals surface area contributed by atoms with E-state index in [0.29, 0.717) is 13.0 Å². The molecule has 0 aromatic heterocycles. The second-order valence-corrected chi connectivity index (χ2v) is 5.93. The summed E-state index contributed by atoms with van der Waals surface area (Å²) in [6.07, 6.45) is 4.20. The first-order valence-electron chi connectivity index (χ1n) is 8.06. The zero-order chi connectivity index (χ0) is 15.2. The van der Waals surface area contributed by atoms with Crippen LogP contribution >= 0.6 is 0 Å². The van der Waals surface area contributed by atoms with E-state index in [1.807, 2.05) is 30.3 Å². The van der Waals surface area contributed by atoms with Crippen LogP contribution in [0.4, 0.5) is 0 Å². The zero-order valence-electron chi connectivity index (χ0n) is 13.0. The number of nitrogens with zero attached hydrogens (tertiary/aromatic N) is 1. The monoisotopic (exact) mass is 287 g/mol. The van der Waals surface area contributed by atoms with Gasteiger partial charge in [0.1, 0.15) is 0 Å². The van der Waals surface area contributed by atoms with Crippen molar-refractivity contribution in [1.29, 1.82) is 0 Å². The van der Waals surface area contributed by atoms with Gasteiger partial charge in [0, 0.05) is 24.8 Å². The van der Waals surface area contributed by atoms with Gasteiger partial charge in [-0.3, -0.25) is 14.5 Å². The van der Waals surface area contributed by atoms with Gasteiger partial charge in [-0.1, -0.05) is 57.0 Å². The Morgan fingerprint density at radius 3 is 2.38 bits per heavy atom. The summed E-state index contributed by atoms with van der Waals surface area (Å²) in [6.45, 7) is 4.73. The summed E-state index contributed by atoms with van der Waals surface area (Å²) in [5, 5.41) is 0. The van der Waals surface area contributed by atoms with Gasteiger partial charge in [0.05, 0.1) is 0 Å². The normalized spacial score (nSPS) is 18.5. The molecule has 0 N–H and O–H groups in total. The Hall–Kier alpha value is -1.64.